The lowest BCUT2D eigenvalue weighted by Gasteiger charge is -2.20. The molecule has 5 nitrogen and oxygen atoms in total. The summed E-state index contributed by atoms with van der Waals surface area (Å²) in [6, 6.07) is 0. The Labute approximate surface area is 103 Å². The highest BCUT2D eigenvalue weighted by Crippen LogP contribution is 2.10. The first-order valence-corrected chi connectivity index (χ1v) is 6.20. The fraction of sp³-hybridized carbons (Fsp3) is 0.833. The van der Waals surface area contributed by atoms with Crippen molar-refractivity contribution >= 4 is 11.9 Å². The van der Waals surface area contributed by atoms with E-state index in [-0.39, 0.29) is 12.5 Å². The van der Waals surface area contributed by atoms with Gasteiger partial charge in [0.1, 0.15) is 6.54 Å². The van der Waals surface area contributed by atoms with Crippen LogP contribution in [-0.4, -0.2) is 41.5 Å². The number of carbonyl (C=O) groups is 2. The van der Waals surface area contributed by atoms with Crippen LogP contribution in [-0.2, 0) is 9.59 Å². The molecule has 0 bridgehead atoms. The Hall–Kier alpha value is -1.10. The molecule has 0 saturated carbocycles. The van der Waals surface area contributed by atoms with Gasteiger partial charge in [0.2, 0.25) is 5.91 Å². The SMILES string of the molecule is CCCN(CC(=O)O)C(=O)CCC(C)CCN. The number of hydrogen-bond acceptors (Lipinski definition) is 3. The minimum absolute atomic E-state index is 0.0712. The fourth-order valence-corrected chi connectivity index (χ4v) is 1.68. The second-order valence-corrected chi connectivity index (χ2v) is 4.43. The monoisotopic (exact) mass is 244 g/mol. The number of aliphatic carboxylic acids is 1. The lowest BCUT2D eigenvalue weighted by molar-refractivity contribution is -0.144. The van der Waals surface area contributed by atoms with E-state index in [0.29, 0.717) is 25.4 Å². The topological polar surface area (TPSA) is 83.6 Å². The van der Waals surface area contributed by atoms with Crippen LogP contribution in [0.2, 0.25) is 0 Å². The van der Waals surface area contributed by atoms with Gasteiger partial charge in [-0.1, -0.05) is 13.8 Å². The highest BCUT2D eigenvalue weighted by Gasteiger charge is 2.16. The van der Waals surface area contributed by atoms with Gasteiger partial charge >= 0.3 is 5.97 Å². The molecule has 0 aliphatic carbocycles. The third-order valence-corrected chi connectivity index (χ3v) is 2.68. The van der Waals surface area contributed by atoms with E-state index in [4.69, 9.17) is 10.8 Å². The van der Waals surface area contributed by atoms with Crippen LogP contribution >= 0.6 is 0 Å². The predicted octanol–water partition coefficient (Wildman–Crippen LogP) is 1.07. The van der Waals surface area contributed by atoms with Crippen molar-refractivity contribution in [1.29, 1.82) is 0 Å². The molecule has 0 aromatic carbocycles. The molecule has 17 heavy (non-hydrogen) atoms. The quantitative estimate of drug-likeness (QED) is 0.635. The number of carboxylic acids is 1. The van der Waals surface area contributed by atoms with Gasteiger partial charge in [0.15, 0.2) is 0 Å². The van der Waals surface area contributed by atoms with E-state index in [1.54, 1.807) is 0 Å². The van der Waals surface area contributed by atoms with Crippen molar-refractivity contribution in [1.82, 2.24) is 4.90 Å². The minimum Gasteiger partial charge on any atom is -0.480 e. The Kier molecular flexibility index (Phi) is 8.40. The van der Waals surface area contributed by atoms with Crippen LogP contribution in [0.1, 0.15) is 39.5 Å². The molecule has 0 heterocycles. The highest BCUT2D eigenvalue weighted by molar-refractivity contribution is 5.81. The van der Waals surface area contributed by atoms with Crippen LogP contribution in [0.5, 0.6) is 0 Å². The van der Waals surface area contributed by atoms with Crippen molar-refractivity contribution in [3.63, 3.8) is 0 Å². The molecule has 1 atom stereocenters. The smallest absolute Gasteiger partial charge is 0.323 e. The van der Waals surface area contributed by atoms with E-state index >= 15 is 0 Å². The van der Waals surface area contributed by atoms with Gasteiger partial charge in [-0.2, -0.15) is 0 Å². The standard InChI is InChI=1S/C12H24N2O3/c1-3-8-14(9-12(16)17)11(15)5-4-10(2)6-7-13/h10H,3-9,13H2,1-2H3,(H,16,17). The van der Waals surface area contributed by atoms with Gasteiger partial charge in [0, 0.05) is 13.0 Å². The molecule has 0 spiro atoms. The maximum atomic E-state index is 11.8. The summed E-state index contributed by atoms with van der Waals surface area (Å²) in [7, 11) is 0. The number of carbonyl (C=O) groups excluding carboxylic acids is 1. The second kappa shape index (κ2) is 8.98. The molecule has 0 aliphatic rings. The van der Waals surface area contributed by atoms with Crippen molar-refractivity contribution in [3.05, 3.63) is 0 Å². The summed E-state index contributed by atoms with van der Waals surface area (Å²) in [5, 5.41) is 8.71. The molecule has 0 aromatic heterocycles. The molecule has 100 valence electrons. The van der Waals surface area contributed by atoms with Crippen molar-refractivity contribution in [2.24, 2.45) is 11.7 Å². The lowest BCUT2D eigenvalue weighted by Crippen LogP contribution is -2.36. The van der Waals surface area contributed by atoms with E-state index in [2.05, 4.69) is 6.92 Å². The normalized spacial score (nSPS) is 12.2. The minimum atomic E-state index is -0.957. The van der Waals surface area contributed by atoms with Crippen molar-refractivity contribution in [3.8, 4) is 0 Å². The Morgan fingerprint density at radius 3 is 2.47 bits per heavy atom. The second-order valence-electron chi connectivity index (χ2n) is 4.43. The van der Waals surface area contributed by atoms with Gasteiger partial charge in [-0.15, -0.1) is 0 Å². The Bertz CT molecular complexity index is 244. The molecule has 1 amide bonds. The molecule has 0 rings (SSSR count). The number of rotatable bonds is 9. The first-order valence-electron chi connectivity index (χ1n) is 6.20. The van der Waals surface area contributed by atoms with Crippen LogP contribution in [0.4, 0.5) is 0 Å². The first-order chi connectivity index (χ1) is 8.01. The largest absolute Gasteiger partial charge is 0.480 e. The molecule has 0 saturated heterocycles. The van der Waals surface area contributed by atoms with Crippen molar-refractivity contribution < 1.29 is 14.7 Å². The Balaban J connectivity index is 4.08. The molecular weight excluding hydrogens is 220 g/mol. The maximum Gasteiger partial charge on any atom is 0.323 e. The molecule has 0 radical (unpaired) electrons. The molecule has 0 fully saturated rings. The third kappa shape index (κ3) is 7.74. The summed E-state index contributed by atoms with van der Waals surface area (Å²) in [6.45, 7) is 4.93. The number of hydrogen-bond donors (Lipinski definition) is 2. The lowest BCUT2D eigenvalue weighted by atomic mass is 10.0. The van der Waals surface area contributed by atoms with E-state index in [9.17, 15) is 9.59 Å². The van der Waals surface area contributed by atoms with Crippen LogP contribution in [0, 0.1) is 5.92 Å². The molecule has 3 N–H and O–H groups in total. The Morgan fingerprint density at radius 1 is 1.35 bits per heavy atom. The fourth-order valence-electron chi connectivity index (χ4n) is 1.68. The molecular formula is C12H24N2O3. The molecule has 0 aliphatic heterocycles. The average Bonchev–Trinajstić information content (AvgIpc) is 2.25. The van der Waals surface area contributed by atoms with Gasteiger partial charge in [-0.05, 0) is 31.7 Å². The van der Waals surface area contributed by atoms with Gasteiger partial charge in [0.05, 0.1) is 0 Å². The summed E-state index contributed by atoms with van der Waals surface area (Å²) in [5.41, 5.74) is 5.44. The van der Waals surface area contributed by atoms with Crippen molar-refractivity contribution in [2.45, 2.75) is 39.5 Å². The zero-order valence-electron chi connectivity index (χ0n) is 10.8. The number of amides is 1. The van der Waals surface area contributed by atoms with Crippen LogP contribution in [0.3, 0.4) is 0 Å². The van der Waals surface area contributed by atoms with E-state index in [1.807, 2.05) is 6.92 Å². The Morgan fingerprint density at radius 2 is 2.00 bits per heavy atom. The van der Waals surface area contributed by atoms with Crippen molar-refractivity contribution in [2.75, 3.05) is 19.6 Å². The molecule has 5 heteroatoms. The van der Waals surface area contributed by atoms with Gasteiger partial charge in [-0.25, -0.2) is 0 Å². The zero-order valence-corrected chi connectivity index (χ0v) is 10.8. The number of carboxylic acid groups (broad SMARTS) is 1. The van der Waals surface area contributed by atoms with Crippen LogP contribution < -0.4 is 5.73 Å². The third-order valence-electron chi connectivity index (χ3n) is 2.68. The summed E-state index contributed by atoms with van der Waals surface area (Å²) in [6.07, 6.45) is 2.86. The number of nitrogens with two attached hydrogens (primary N) is 1. The van der Waals surface area contributed by atoms with Gasteiger partial charge in [0.25, 0.3) is 0 Å². The molecule has 0 aromatic rings. The summed E-state index contributed by atoms with van der Waals surface area (Å²) in [4.78, 5) is 23.8. The average molecular weight is 244 g/mol. The van der Waals surface area contributed by atoms with Crippen LogP contribution in [0.15, 0.2) is 0 Å². The van der Waals surface area contributed by atoms with E-state index < -0.39 is 5.97 Å². The predicted molar refractivity (Wildman–Crippen MR) is 66.6 cm³/mol. The number of nitrogens with zero attached hydrogens (tertiary/aromatic N) is 1. The van der Waals surface area contributed by atoms with E-state index in [1.165, 1.54) is 4.90 Å². The van der Waals surface area contributed by atoms with Crippen LogP contribution in [0.25, 0.3) is 0 Å². The maximum absolute atomic E-state index is 11.8. The molecule has 1 unspecified atom stereocenters. The van der Waals surface area contributed by atoms with E-state index in [0.717, 1.165) is 19.3 Å². The first kappa shape index (κ1) is 15.9. The van der Waals surface area contributed by atoms with Gasteiger partial charge < -0.3 is 15.7 Å². The highest BCUT2D eigenvalue weighted by atomic mass is 16.4. The summed E-state index contributed by atoms with van der Waals surface area (Å²) < 4.78 is 0. The van der Waals surface area contributed by atoms with Gasteiger partial charge in [-0.3, -0.25) is 9.59 Å². The summed E-state index contributed by atoms with van der Waals surface area (Å²) >= 11 is 0. The summed E-state index contributed by atoms with van der Waals surface area (Å²) in [5.74, 6) is -0.614. The zero-order chi connectivity index (χ0) is 13.3.